The second-order valence-electron chi connectivity index (χ2n) is 19.6. The Kier molecular flexibility index (Phi) is 12.5. The van der Waals surface area contributed by atoms with Gasteiger partial charge in [0.25, 0.3) is 0 Å². The van der Waals surface area contributed by atoms with Gasteiger partial charge in [0, 0.05) is 0 Å². The van der Waals surface area contributed by atoms with E-state index < -0.39 is 11.9 Å². The van der Waals surface area contributed by atoms with E-state index in [1.165, 1.54) is 59.1 Å². The minimum absolute atomic E-state index is 0. The number of aliphatic carboxylic acids is 2. The van der Waals surface area contributed by atoms with Gasteiger partial charge in [0.1, 0.15) is 0 Å². The van der Waals surface area contributed by atoms with Gasteiger partial charge in [-0.05, 0) is 153 Å². The van der Waals surface area contributed by atoms with Crippen molar-refractivity contribution in [1.29, 1.82) is 0 Å². The summed E-state index contributed by atoms with van der Waals surface area (Å²) in [5, 5.41) is 21.3. The topological polar surface area (TPSA) is 80.3 Å². The Hall–Kier alpha value is -2.40. The van der Waals surface area contributed by atoms with E-state index in [9.17, 15) is 19.8 Å². The zero-order valence-electron chi connectivity index (χ0n) is 34.7. The number of benzene rings is 2. The van der Waals surface area contributed by atoms with Crippen molar-refractivity contribution in [3.8, 4) is 0 Å². The molecule has 0 spiro atoms. The van der Waals surface area contributed by atoms with Gasteiger partial charge >= 0.3 is 37.7 Å². The van der Waals surface area contributed by atoms with Crippen LogP contribution in [-0.4, -0.2) is 49.7 Å². The first-order valence-corrected chi connectivity index (χ1v) is 19.4. The van der Waals surface area contributed by atoms with Gasteiger partial charge in [0.15, 0.2) is 0 Å². The van der Waals surface area contributed by atoms with Crippen LogP contribution in [0.5, 0.6) is 0 Å². The number of hydrogen-bond donors (Lipinski definition) is 0. The molecule has 0 radical (unpaired) electrons. The molecular formula is C48H62CaO4. The van der Waals surface area contributed by atoms with Crippen LogP contribution in [0, 0.1) is 11.8 Å². The molecule has 280 valence electrons. The van der Waals surface area contributed by atoms with Crippen molar-refractivity contribution in [3.05, 3.63) is 117 Å². The standard InChI is InChI=1S/2C24H32O2.Ca/c2*1-16(13-21(25)26)7-8-18-15-24(18,6)17-9-10-19-20(14-17)23(4,5)12-11-22(19,2)3;/h2*7-10,13-14,18H,11-12,15H2,1-6H3,(H,25,26);/q;;+2/p-2/b2*8-7+,16-13+;/t2*18-,24-;/m11./s1. The van der Waals surface area contributed by atoms with Gasteiger partial charge in [0.2, 0.25) is 0 Å². The molecule has 6 rings (SSSR count). The summed E-state index contributed by atoms with van der Waals surface area (Å²) in [6.45, 7) is 27.1. The van der Waals surface area contributed by atoms with E-state index in [-0.39, 0.29) is 70.2 Å². The van der Waals surface area contributed by atoms with Crippen molar-refractivity contribution < 1.29 is 19.8 Å². The third kappa shape index (κ3) is 9.36. The van der Waals surface area contributed by atoms with Gasteiger partial charge in [-0.1, -0.05) is 130 Å². The summed E-state index contributed by atoms with van der Waals surface area (Å²) in [6, 6.07) is 14.3. The van der Waals surface area contributed by atoms with Crippen molar-refractivity contribution >= 4 is 49.7 Å². The van der Waals surface area contributed by atoms with E-state index in [0.29, 0.717) is 11.8 Å². The van der Waals surface area contributed by atoms with Crippen LogP contribution in [-0.2, 0) is 42.1 Å². The smallest absolute Gasteiger partial charge is 0.545 e. The molecule has 0 aliphatic heterocycles. The van der Waals surface area contributed by atoms with Crippen LogP contribution in [0.3, 0.4) is 0 Å². The first-order chi connectivity index (χ1) is 23.9. The summed E-state index contributed by atoms with van der Waals surface area (Å²) < 4.78 is 0. The summed E-state index contributed by atoms with van der Waals surface area (Å²) in [6.07, 6.45) is 17.6. The zero-order chi connectivity index (χ0) is 38.7. The number of allylic oxidation sites excluding steroid dienone is 6. The second kappa shape index (κ2) is 15.3. The monoisotopic (exact) mass is 742 g/mol. The van der Waals surface area contributed by atoms with Gasteiger partial charge in [0.05, 0.1) is 11.9 Å². The van der Waals surface area contributed by atoms with Crippen molar-refractivity contribution in [2.45, 2.75) is 154 Å². The largest absolute Gasteiger partial charge is 2.00 e. The molecular weight excluding hydrogens is 681 g/mol. The minimum Gasteiger partial charge on any atom is -0.545 e. The molecule has 2 saturated carbocycles. The second-order valence-corrected chi connectivity index (χ2v) is 19.6. The van der Waals surface area contributed by atoms with Gasteiger partial charge in [-0.25, -0.2) is 0 Å². The maximum atomic E-state index is 10.6. The third-order valence-corrected chi connectivity index (χ3v) is 13.5. The van der Waals surface area contributed by atoms with Crippen molar-refractivity contribution in [1.82, 2.24) is 0 Å². The molecule has 0 N–H and O–H groups in total. The summed E-state index contributed by atoms with van der Waals surface area (Å²) in [5.41, 5.74) is 11.6. The van der Waals surface area contributed by atoms with Crippen LogP contribution in [0.1, 0.15) is 155 Å². The van der Waals surface area contributed by atoms with Gasteiger partial charge in [-0.15, -0.1) is 0 Å². The summed E-state index contributed by atoms with van der Waals surface area (Å²) >= 11 is 0. The quantitative estimate of drug-likeness (QED) is 0.154. The molecule has 2 fully saturated rings. The number of carboxylic acid groups (broad SMARTS) is 2. The van der Waals surface area contributed by atoms with Crippen LogP contribution in [0.2, 0.25) is 0 Å². The number of rotatable bonds is 8. The molecule has 2 aromatic carbocycles. The molecule has 0 saturated heterocycles. The molecule has 0 amide bonds. The molecule has 4 aliphatic carbocycles. The van der Waals surface area contributed by atoms with Crippen molar-refractivity contribution in [3.63, 3.8) is 0 Å². The van der Waals surface area contributed by atoms with Crippen molar-refractivity contribution in [2.24, 2.45) is 11.8 Å². The Morgan fingerprint density at radius 2 is 0.849 bits per heavy atom. The number of fused-ring (bicyclic) bond motifs is 2. The molecule has 4 nitrogen and oxygen atoms in total. The maximum absolute atomic E-state index is 10.6. The predicted octanol–water partition coefficient (Wildman–Crippen LogP) is 8.75. The molecule has 4 atom stereocenters. The maximum Gasteiger partial charge on any atom is 2.00 e. The Morgan fingerprint density at radius 1 is 0.547 bits per heavy atom. The third-order valence-electron chi connectivity index (χ3n) is 13.5. The summed E-state index contributed by atoms with van der Waals surface area (Å²) in [4.78, 5) is 21.3. The first-order valence-electron chi connectivity index (χ1n) is 19.4. The van der Waals surface area contributed by atoms with Crippen molar-refractivity contribution in [2.75, 3.05) is 0 Å². The average molecular weight is 743 g/mol. The Balaban J connectivity index is 0.000000232. The van der Waals surface area contributed by atoms with E-state index in [4.69, 9.17) is 0 Å². The van der Waals surface area contributed by atoms with E-state index in [0.717, 1.165) is 36.1 Å². The molecule has 0 unspecified atom stereocenters. The molecule has 0 bridgehead atoms. The van der Waals surface area contributed by atoms with E-state index in [1.807, 2.05) is 12.2 Å². The SMILES string of the molecule is CC(/C=C/[C@@H]1C[C@]1(C)c1ccc2c(c1)C(C)(C)CCC2(C)C)=C\C(=O)[O-].CC(/C=C/[C@@H]1C[C@]1(C)c1ccc2c(c1)C(C)(C)CCC2(C)C)=C\C(=O)[O-].[Ca+2]. The van der Waals surface area contributed by atoms with Crippen LogP contribution in [0.4, 0.5) is 0 Å². The van der Waals surface area contributed by atoms with Crippen LogP contribution in [0.15, 0.2) is 84.0 Å². The Morgan fingerprint density at radius 3 is 1.15 bits per heavy atom. The Labute approximate surface area is 350 Å². The average Bonchev–Trinajstić information content (AvgIpc) is 3.93. The number of carboxylic acids is 2. The summed E-state index contributed by atoms with van der Waals surface area (Å²) in [7, 11) is 0. The Bertz CT molecular complexity index is 1730. The van der Waals surface area contributed by atoms with Gasteiger partial charge < -0.3 is 19.8 Å². The number of carbonyl (C=O) groups is 2. The van der Waals surface area contributed by atoms with Crippen LogP contribution in [0.25, 0.3) is 0 Å². The first kappa shape index (κ1) is 43.3. The van der Waals surface area contributed by atoms with E-state index in [2.05, 4.69) is 118 Å². The van der Waals surface area contributed by atoms with E-state index >= 15 is 0 Å². The predicted molar refractivity (Wildman–Crippen MR) is 216 cm³/mol. The fraction of sp³-hybridized carbons (Fsp3) is 0.542. The zero-order valence-corrected chi connectivity index (χ0v) is 36.9. The minimum atomic E-state index is -1.13. The molecule has 5 heteroatoms. The number of carbonyl (C=O) groups excluding carboxylic acids is 2. The number of hydrogen-bond acceptors (Lipinski definition) is 4. The van der Waals surface area contributed by atoms with E-state index in [1.54, 1.807) is 13.8 Å². The van der Waals surface area contributed by atoms with Crippen LogP contribution >= 0.6 is 0 Å². The fourth-order valence-corrected chi connectivity index (χ4v) is 8.91. The van der Waals surface area contributed by atoms with Gasteiger partial charge in [-0.2, -0.15) is 0 Å². The molecule has 0 heterocycles. The molecule has 53 heavy (non-hydrogen) atoms. The van der Waals surface area contributed by atoms with Gasteiger partial charge in [-0.3, -0.25) is 0 Å². The fourth-order valence-electron chi connectivity index (χ4n) is 8.91. The molecule has 0 aromatic heterocycles. The summed E-state index contributed by atoms with van der Waals surface area (Å²) in [5.74, 6) is -1.34. The molecule has 2 aromatic rings. The van der Waals surface area contributed by atoms with Crippen LogP contribution < -0.4 is 10.2 Å². The molecule has 4 aliphatic rings. The normalized spacial score (nSPS) is 28.9.